The summed E-state index contributed by atoms with van der Waals surface area (Å²) < 4.78 is 6.96. The minimum atomic E-state index is -1.02. The highest BCUT2D eigenvalue weighted by Gasteiger charge is 2.46. The van der Waals surface area contributed by atoms with Crippen molar-refractivity contribution in [3.8, 4) is 5.75 Å². The van der Waals surface area contributed by atoms with Gasteiger partial charge in [0.25, 0.3) is 17.4 Å². The lowest BCUT2D eigenvalue weighted by atomic mass is 9.95. The summed E-state index contributed by atoms with van der Waals surface area (Å²) in [5.41, 5.74) is 0.184. The maximum absolute atomic E-state index is 13.1. The van der Waals surface area contributed by atoms with Crippen molar-refractivity contribution in [3.05, 3.63) is 93.0 Å². The molecule has 1 N–H and O–H groups in total. The predicted octanol–water partition coefficient (Wildman–Crippen LogP) is 3.97. The highest BCUT2D eigenvalue weighted by Crippen LogP contribution is 2.41. The van der Waals surface area contributed by atoms with Gasteiger partial charge in [-0.15, -0.1) is 0 Å². The van der Waals surface area contributed by atoms with Crippen molar-refractivity contribution in [1.82, 2.24) is 14.5 Å². The van der Waals surface area contributed by atoms with Crippen molar-refractivity contribution in [3.63, 3.8) is 0 Å². The van der Waals surface area contributed by atoms with Gasteiger partial charge in [0, 0.05) is 43.2 Å². The topological polar surface area (TPSA) is 128 Å². The number of non-ortho nitro benzene ring substituents is 1. The quantitative estimate of drug-likeness (QED) is 0.164. The van der Waals surface area contributed by atoms with E-state index in [4.69, 9.17) is 16.3 Å². The molecule has 3 aromatic rings. The van der Waals surface area contributed by atoms with Crippen LogP contribution in [0.3, 0.4) is 0 Å². The predicted molar refractivity (Wildman–Crippen MR) is 127 cm³/mol. The molecule has 2 heterocycles. The average Bonchev–Trinajstić information content (AvgIpc) is 3.46. The molecule has 0 radical (unpaired) electrons. The van der Waals surface area contributed by atoms with Gasteiger partial charge in [0.2, 0.25) is 0 Å². The van der Waals surface area contributed by atoms with E-state index in [1.807, 2.05) is 4.57 Å². The number of amides is 1. The Bertz CT molecular complexity index is 1320. The number of halogens is 1. The zero-order chi connectivity index (χ0) is 25.1. The highest BCUT2D eigenvalue weighted by molar-refractivity contribution is 6.46. The van der Waals surface area contributed by atoms with E-state index < -0.39 is 28.4 Å². The van der Waals surface area contributed by atoms with Gasteiger partial charge in [-0.05, 0) is 30.2 Å². The van der Waals surface area contributed by atoms with Crippen LogP contribution in [0.1, 0.15) is 23.6 Å². The molecule has 35 heavy (non-hydrogen) atoms. The zero-order valence-corrected chi connectivity index (χ0v) is 19.4. The molecule has 1 amide bonds. The van der Waals surface area contributed by atoms with E-state index in [9.17, 15) is 24.8 Å². The first-order valence-corrected chi connectivity index (χ1v) is 11.0. The molecule has 0 spiro atoms. The Morgan fingerprint density at radius 3 is 2.69 bits per heavy atom. The van der Waals surface area contributed by atoms with Crippen LogP contribution in [0.5, 0.6) is 5.75 Å². The lowest BCUT2D eigenvalue weighted by Crippen LogP contribution is -2.31. The zero-order valence-electron chi connectivity index (χ0n) is 18.6. The van der Waals surface area contributed by atoms with Crippen LogP contribution >= 0.6 is 11.6 Å². The molecule has 11 heteroatoms. The number of nitrogens with zero attached hydrogens (tertiary/aromatic N) is 4. The van der Waals surface area contributed by atoms with Crippen LogP contribution in [0.4, 0.5) is 5.69 Å². The number of aromatic nitrogens is 2. The van der Waals surface area contributed by atoms with Gasteiger partial charge in [0.1, 0.15) is 11.5 Å². The van der Waals surface area contributed by atoms with E-state index in [0.717, 1.165) is 0 Å². The molecule has 1 atom stereocenters. The number of carbonyl (C=O) groups excluding carboxylic acids is 2. The fourth-order valence-corrected chi connectivity index (χ4v) is 4.34. The average molecular weight is 497 g/mol. The Kier molecular flexibility index (Phi) is 6.83. The first-order chi connectivity index (χ1) is 16.8. The van der Waals surface area contributed by atoms with Gasteiger partial charge in [-0.25, -0.2) is 4.98 Å². The molecule has 10 nitrogen and oxygen atoms in total. The number of aliphatic hydroxyl groups excluding tert-OH is 1. The number of Topliss-reactive ketones (excluding diaryl/α,β-unsaturated/α-hetero) is 1. The molecule has 1 aromatic heterocycles. The normalized spacial score (nSPS) is 17.1. The van der Waals surface area contributed by atoms with Gasteiger partial charge >= 0.3 is 0 Å². The van der Waals surface area contributed by atoms with Crippen molar-refractivity contribution >= 4 is 34.7 Å². The maximum atomic E-state index is 13.1. The minimum absolute atomic E-state index is 0.167. The second-order valence-corrected chi connectivity index (χ2v) is 8.26. The maximum Gasteiger partial charge on any atom is 0.295 e. The molecule has 2 aromatic carbocycles. The number of aliphatic hydroxyl groups is 1. The largest absolute Gasteiger partial charge is 0.507 e. The summed E-state index contributed by atoms with van der Waals surface area (Å²) in [6, 6.07) is 9.12. The van der Waals surface area contributed by atoms with Gasteiger partial charge in [0.15, 0.2) is 0 Å². The van der Waals surface area contributed by atoms with Crippen LogP contribution in [0, 0.1) is 10.1 Å². The number of likely N-dealkylation sites (tertiary alicyclic amines) is 1. The Morgan fingerprint density at radius 2 is 2.03 bits per heavy atom. The Balaban J connectivity index is 1.78. The summed E-state index contributed by atoms with van der Waals surface area (Å²) in [7, 11) is 1.44. The third-order valence-corrected chi connectivity index (χ3v) is 6.03. The van der Waals surface area contributed by atoms with Crippen molar-refractivity contribution < 1.29 is 24.4 Å². The second kappa shape index (κ2) is 9.98. The van der Waals surface area contributed by atoms with Crippen LogP contribution in [-0.2, 0) is 16.1 Å². The molecule has 1 saturated heterocycles. The summed E-state index contributed by atoms with van der Waals surface area (Å²) in [6.45, 7) is 0.717. The summed E-state index contributed by atoms with van der Waals surface area (Å²) in [5.74, 6) is -1.73. The van der Waals surface area contributed by atoms with E-state index >= 15 is 0 Å². The molecule has 0 aliphatic carbocycles. The van der Waals surface area contributed by atoms with E-state index in [1.54, 1.807) is 24.8 Å². The highest BCUT2D eigenvalue weighted by atomic mass is 35.5. The number of ether oxygens (including phenoxy) is 1. The molecule has 0 saturated carbocycles. The lowest BCUT2D eigenvalue weighted by molar-refractivity contribution is -0.384. The Hall–Kier alpha value is -4.18. The van der Waals surface area contributed by atoms with Crippen molar-refractivity contribution in [2.45, 2.75) is 19.0 Å². The number of hydrogen-bond acceptors (Lipinski definition) is 7. The number of carbonyl (C=O) groups is 2. The Morgan fingerprint density at radius 1 is 1.23 bits per heavy atom. The summed E-state index contributed by atoms with van der Waals surface area (Å²) in [4.78, 5) is 42.3. The summed E-state index contributed by atoms with van der Waals surface area (Å²) in [5, 5.41) is 22.7. The molecule has 180 valence electrons. The number of nitro benzene ring substituents is 1. The fourth-order valence-electron chi connectivity index (χ4n) is 4.08. The number of nitro groups is 1. The van der Waals surface area contributed by atoms with Crippen LogP contribution in [0.25, 0.3) is 5.76 Å². The van der Waals surface area contributed by atoms with E-state index in [-0.39, 0.29) is 28.4 Å². The molecule has 1 aliphatic rings. The van der Waals surface area contributed by atoms with E-state index in [0.29, 0.717) is 24.3 Å². The molecular weight excluding hydrogens is 476 g/mol. The van der Waals surface area contributed by atoms with Crippen molar-refractivity contribution in [2.24, 2.45) is 0 Å². The number of benzene rings is 2. The molecule has 0 bridgehead atoms. The number of methoxy groups -OCH3 is 1. The van der Waals surface area contributed by atoms with Gasteiger partial charge in [-0.2, -0.15) is 0 Å². The van der Waals surface area contributed by atoms with Crippen LogP contribution in [-0.4, -0.2) is 49.8 Å². The minimum Gasteiger partial charge on any atom is -0.507 e. The van der Waals surface area contributed by atoms with Crippen LogP contribution in [0.2, 0.25) is 5.02 Å². The smallest absolute Gasteiger partial charge is 0.295 e. The standard InChI is InChI=1S/C24H21ClN4O6/c1-35-19-7-6-16(13-18(19)25)22(30)20-21(15-4-2-5-17(12-15)29(33)34)28(24(32)23(20)31)10-3-9-27-11-8-26-14-27/h2,4-8,11-14,21,30H,3,9-10H2,1H3/b22-20-. The second-order valence-electron chi connectivity index (χ2n) is 7.85. The number of hydrogen-bond donors (Lipinski definition) is 1. The molecule has 1 aliphatic heterocycles. The van der Waals surface area contributed by atoms with Crippen molar-refractivity contribution in [2.75, 3.05) is 13.7 Å². The number of rotatable bonds is 8. The van der Waals surface area contributed by atoms with Gasteiger partial charge in [0.05, 0.1) is 35.0 Å². The molecule has 1 fully saturated rings. The SMILES string of the molecule is COc1ccc(/C(O)=C2/C(=O)C(=O)N(CCCn3ccnc3)C2c2cccc([N+](=O)[O-])c2)cc1Cl. The molecule has 4 rings (SSSR count). The fraction of sp³-hybridized carbons (Fsp3) is 0.208. The van der Waals surface area contributed by atoms with Crippen molar-refractivity contribution in [1.29, 1.82) is 0 Å². The summed E-state index contributed by atoms with van der Waals surface area (Å²) in [6.07, 6.45) is 5.54. The van der Waals surface area contributed by atoms with Crippen LogP contribution < -0.4 is 4.74 Å². The molecular formula is C24H21ClN4O6. The summed E-state index contributed by atoms with van der Waals surface area (Å²) >= 11 is 6.20. The van der Waals surface area contributed by atoms with Gasteiger partial charge in [-0.1, -0.05) is 23.7 Å². The molecule has 1 unspecified atom stereocenters. The number of imidazole rings is 1. The first-order valence-electron chi connectivity index (χ1n) is 10.6. The third kappa shape index (κ3) is 4.73. The van der Waals surface area contributed by atoms with E-state index in [1.165, 1.54) is 48.4 Å². The van der Waals surface area contributed by atoms with Gasteiger partial charge in [-0.3, -0.25) is 19.7 Å². The number of aryl methyl sites for hydroxylation is 1. The third-order valence-electron chi connectivity index (χ3n) is 5.74. The monoisotopic (exact) mass is 496 g/mol. The number of ketones is 1. The van der Waals surface area contributed by atoms with Crippen LogP contribution in [0.15, 0.2) is 66.8 Å². The lowest BCUT2D eigenvalue weighted by Gasteiger charge is -2.25. The van der Waals surface area contributed by atoms with Gasteiger partial charge < -0.3 is 19.3 Å². The Labute approximate surface area is 205 Å². The van der Waals surface area contributed by atoms with E-state index in [2.05, 4.69) is 4.98 Å². The first kappa shape index (κ1) is 24.0.